The molecule has 0 saturated carbocycles. The SMILES string of the molecule is CCOC(=O)CCCN(C(=O)C1CCN(S(=O)(=O)c2ccccc2)CC1)c1ccc(Cl)cc1Oc1cccc(CNC(=O)OC(C)(C)C)c1. The van der Waals surface area contributed by atoms with Gasteiger partial charge in [0.05, 0.1) is 17.2 Å². The Kier molecular flexibility index (Phi) is 13.1. The molecule has 0 aromatic heterocycles. The lowest BCUT2D eigenvalue weighted by atomic mass is 9.96. The first-order valence-corrected chi connectivity index (χ1v) is 18.1. The van der Waals surface area contributed by atoms with Gasteiger partial charge in [0.1, 0.15) is 11.4 Å². The molecule has 1 heterocycles. The topological polar surface area (TPSA) is 132 Å². The van der Waals surface area contributed by atoms with Crippen LogP contribution < -0.4 is 15.0 Å². The first-order valence-electron chi connectivity index (χ1n) is 16.3. The van der Waals surface area contributed by atoms with Crippen molar-refractivity contribution in [2.75, 3.05) is 31.1 Å². The van der Waals surface area contributed by atoms with Crippen LogP contribution in [0.5, 0.6) is 11.5 Å². The number of piperidine rings is 1. The van der Waals surface area contributed by atoms with Crippen LogP contribution in [0.3, 0.4) is 0 Å². The largest absolute Gasteiger partial charge is 0.466 e. The van der Waals surface area contributed by atoms with Crippen molar-refractivity contribution in [3.63, 3.8) is 0 Å². The molecule has 0 radical (unpaired) electrons. The summed E-state index contributed by atoms with van der Waals surface area (Å²) >= 11 is 6.41. The number of nitrogens with one attached hydrogen (secondary N) is 1. The Morgan fingerprint density at radius 3 is 2.37 bits per heavy atom. The molecule has 1 aliphatic rings. The molecule has 1 aliphatic heterocycles. The third-order valence-electron chi connectivity index (χ3n) is 7.69. The molecule has 0 bridgehead atoms. The monoisotopic (exact) mass is 713 g/mol. The Bertz CT molecular complexity index is 1700. The van der Waals surface area contributed by atoms with E-state index >= 15 is 0 Å². The summed E-state index contributed by atoms with van der Waals surface area (Å²) in [5.74, 6) is -0.263. The molecule has 4 rings (SSSR count). The molecule has 3 aromatic carbocycles. The normalized spacial score (nSPS) is 14.1. The van der Waals surface area contributed by atoms with Crippen molar-refractivity contribution in [1.82, 2.24) is 9.62 Å². The highest BCUT2D eigenvalue weighted by molar-refractivity contribution is 7.89. The number of esters is 1. The van der Waals surface area contributed by atoms with Gasteiger partial charge in [0.25, 0.3) is 0 Å². The molecule has 3 aromatic rings. The number of alkyl carbamates (subject to hydrolysis) is 1. The fraction of sp³-hybridized carbons (Fsp3) is 0.417. The summed E-state index contributed by atoms with van der Waals surface area (Å²) in [6.07, 6.45) is 0.559. The fourth-order valence-corrected chi connectivity index (χ4v) is 7.05. The van der Waals surface area contributed by atoms with Gasteiger partial charge in [-0.25, -0.2) is 13.2 Å². The van der Waals surface area contributed by atoms with Gasteiger partial charge < -0.3 is 24.4 Å². The highest BCUT2D eigenvalue weighted by atomic mass is 35.5. The Balaban J connectivity index is 1.54. The van der Waals surface area contributed by atoms with Crippen molar-refractivity contribution in [1.29, 1.82) is 0 Å². The number of hydrogen-bond acceptors (Lipinski definition) is 8. The number of carbonyl (C=O) groups is 3. The van der Waals surface area contributed by atoms with E-state index in [1.165, 1.54) is 4.31 Å². The number of carbonyl (C=O) groups excluding carboxylic acids is 3. The number of halogens is 1. The van der Waals surface area contributed by atoms with Gasteiger partial charge in [-0.3, -0.25) is 9.59 Å². The number of sulfonamides is 1. The molecule has 13 heteroatoms. The predicted octanol–water partition coefficient (Wildman–Crippen LogP) is 6.93. The molecule has 0 atom stereocenters. The minimum Gasteiger partial charge on any atom is -0.466 e. The fourth-order valence-electron chi connectivity index (χ4n) is 5.40. The number of benzene rings is 3. The molecule has 0 spiro atoms. The lowest BCUT2D eigenvalue weighted by Crippen LogP contribution is -2.45. The molecule has 1 saturated heterocycles. The zero-order valence-electron chi connectivity index (χ0n) is 28.3. The summed E-state index contributed by atoms with van der Waals surface area (Å²) in [5.41, 5.74) is 0.579. The van der Waals surface area contributed by atoms with Crippen molar-refractivity contribution in [2.45, 2.75) is 70.4 Å². The van der Waals surface area contributed by atoms with Crippen LogP contribution in [-0.4, -0.2) is 62.5 Å². The number of nitrogens with zero attached hydrogens (tertiary/aromatic N) is 2. The van der Waals surface area contributed by atoms with Crippen LogP contribution >= 0.6 is 11.6 Å². The van der Waals surface area contributed by atoms with Crippen LogP contribution in [0.4, 0.5) is 10.5 Å². The second kappa shape index (κ2) is 17.0. The first-order chi connectivity index (χ1) is 23.3. The zero-order chi connectivity index (χ0) is 35.6. The second-order valence-corrected chi connectivity index (χ2v) is 15.0. The maximum atomic E-state index is 14.2. The number of rotatable bonds is 13. The van der Waals surface area contributed by atoms with E-state index in [1.807, 2.05) is 6.07 Å². The van der Waals surface area contributed by atoms with Gasteiger partial charge in [-0.05, 0) is 88.9 Å². The quantitative estimate of drug-likeness (QED) is 0.189. The lowest BCUT2D eigenvalue weighted by molar-refractivity contribution is -0.143. The van der Waals surface area contributed by atoms with Gasteiger partial charge in [-0.15, -0.1) is 0 Å². The maximum Gasteiger partial charge on any atom is 0.407 e. The summed E-state index contributed by atoms with van der Waals surface area (Å²) in [4.78, 5) is 40.4. The van der Waals surface area contributed by atoms with E-state index in [0.29, 0.717) is 41.5 Å². The summed E-state index contributed by atoms with van der Waals surface area (Å²) < 4.78 is 44.6. The van der Waals surface area contributed by atoms with Crippen molar-refractivity contribution < 1.29 is 37.0 Å². The van der Waals surface area contributed by atoms with E-state index in [9.17, 15) is 22.8 Å². The Hall–Kier alpha value is -4.13. The Morgan fingerprint density at radius 1 is 0.980 bits per heavy atom. The maximum absolute atomic E-state index is 14.2. The second-order valence-electron chi connectivity index (χ2n) is 12.6. The van der Waals surface area contributed by atoms with E-state index < -0.39 is 27.6 Å². The third kappa shape index (κ3) is 10.9. The van der Waals surface area contributed by atoms with Crippen LogP contribution in [0.1, 0.15) is 58.9 Å². The molecule has 49 heavy (non-hydrogen) atoms. The molecular weight excluding hydrogens is 670 g/mol. The van der Waals surface area contributed by atoms with Gasteiger partial charge in [-0.1, -0.05) is 41.9 Å². The van der Waals surface area contributed by atoms with Crippen LogP contribution in [-0.2, 0) is 35.6 Å². The smallest absolute Gasteiger partial charge is 0.407 e. The molecule has 1 fully saturated rings. The average molecular weight is 714 g/mol. The minimum atomic E-state index is -3.69. The average Bonchev–Trinajstić information content (AvgIpc) is 3.06. The molecule has 11 nitrogen and oxygen atoms in total. The molecule has 264 valence electrons. The van der Waals surface area contributed by atoms with Crippen molar-refractivity contribution in [3.05, 3.63) is 83.4 Å². The standard InChI is InChI=1S/C36H44ClN3O8S/c1-5-46-33(41)15-10-20-40(34(42)27-18-21-39(22-19-27)49(44,45)30-13-7-6-8-14-30)31-17-16-28(37)24-32(31)47-29-12-9-11-26(23-29)25-38-35(43)48-36(2,3)4/h6-9,11-14,16-17,23-24,27H,5,10,15,18-22,25H2,1-4H3,(H,38,43). The number of anilines is 1. The van der Waals surface area contributed by atoms with E-state index in [1.54, 1.807) is 99.3 Å². The molecular formula is C36H44ClN3O8S. The van der Waals surface area contributed by atoms with Crippen molar-refractivity contribution >= 4 is 45.3 Å². The zero-order valence-corrected chi connectivity index (χ0v) is 29.9. The van der Waals surface area contributed by atoms with Gasteiger partial charge in [0, 0.05) is 49.6 Å². The van der Waals surface area contributed by atoms with E-state index in [0.717, 1.165) is 5.56 Å². The minimum absolute atomic E-state index is 0.113. The van der Waals surface area contributed by atoms with Gasteiger partial charge in [0.15, 0.2) is 5.75 Å². The summed E-state index contributed by atoms with van der Waals surface area (Å²) in [7, 11) is -3.69. The van der Waals surface area contributed by atoms with E-state index in [2.05, 4.69) is 5.32 Å². The number of ether oxygens (including phenoxy) is 3. The van der Waals surface area contributed by atoms with Crippen molar-refractivity contribution in [2.24, 2.45) is 5.92 Å². The van der Waals surface area contributed by atoms with Crippen LogP contribution in [0.25, 0.3) is 0 Å². The highest BCUT2D eigenvalue weighted by Gasteiger charge is 2.35. The molecule has 0 aliphatic carbocycles. The summed E-state index contributed by atoms with van der Waals surface area (Å²) in [6.45, 7) is 8.13. The molecule has 0 unspecified atom stereocenters. The van der Waals surface area contributed by atoms with Crippen LogP contribution in [0, 0.1) is 5.92 Å². The van der Waals surface area contributed by atoms with Crippen molar-refractivity contribution in [3.8, 4) is 11.5 Å². The third-order valence-corrected chi connectivity index (χ3v) is 9.84. The number of hydrogen-bond donors (Lipinski definition) is 1. The number of amides is 2. The van der Waals surface area contributed by atoms with Gasteiger partial charge >= 0.3 is 12.1 Å². The molecule has 1 N–H and O–H groups in total. The van der Waals surface area contributed by atoms with Gasteiger partial charge in [0.2, 0.25) is 15.9 Å². The highest BCUT2D eigenvalue weighted by Crippen LogP contribution is 2.37. The Morgan fingerprint density at radius 2 is 1.69 bits per heavy atom. The molecule has 2 amide bonds. The van der Waals surface area contributed by atoms with Gasteiger partial charge in [-0.2, -0.15) is 4.31 Å². The van der Waals surface area contributed by atoms with E-state index in [4.69, 9.17) is 25.8 Å². The lowest BCUT2D eigenvalue weighted by Gasteiger charge is -2.34. The predicted molar refractivity (Wildman–Crippen MR) is 187 cm³/mol. The first kappa shape index (κ1) is 37.7. The van der Waals surface area contributed by atoms with E-state index in [-0.39, 0.29) is 56.0 Å². The Labute approximate surface area is 293 Å². The summed E-state index contributed by atoms with van der Waals surface area (Å²) in [6, 6.07) is 20.3. The van der Waals surface area contributed by atoms with Crippen LogP contribution in [0.15, 0.2) is 77.7 Å². The summed E-state index contributed by atoms with van der Waals surface area (Å²) in [5, 5.41) is 3.12. The van der Waals surface area contributed by atoms with Crippen LogP contribution in [0.2, 0.25) is 5.02 Å².